The van der Waals surface area contributed by atoms with Crippen molar-refractivity contribution in [2.24, 2.45) is 10.9 Å². The first-order valence-corrected chi connectivity index (χ1v) is 8.51. The highest BCUT2D eigenvalue weighted by atomic mass is 16.2. The van der Waals surface area contributed by atoms with Crippen molar-refractivity contribution >= 4 is 17.8 Å². The van der Waals surface area contributed by atoms with Crippen molar-refractivity contribution < 1.29 is 9.59 Å². The predicted molar refractivity (Wildman–Crippen MR) is 101 cm³/mol. The normalized spacial score (nSPS) is 11.2. The Morgan fingerprint density at radius 3 is 2.40 bits per heavy atom. The minimum absolute atomic E-state index is 0.0111. The fourth-order valence-electron chi connectivity index (χ4n) is 2.13. The number of nitrogens with zero attached hydrogens (tertiary/aromatic N) is 1. The molecule has 138 valence electrons. The Balaban J connectivity index is 2.34. The van der Waals surface area contributed by atoms with Crippen LogP contribution in [0.25, 0.3) is 0 Å². The predicted octanol–water partition coefficient (Wildman–Crippen LogP) is 0.526. The maximum atomic E-state index is 11.6. The van der Waals surface area contributed by atoms with E-state index in [1.54, 1.807) is 20.2 Å². The van der Waals surface area contributed by atoms with Gasteiger partial charge in [-0.2, -0.15) is 0 Å². The summed E-state index contributed by atoms with van der Waals surface area (Å²) in [6.07, 6.45) is 0.773. The highest BCUT2D eigenvalue weighted by Crippen LogP contribution is 2.05. The summed E-state index contributed by atoms with van der Waals surface area (Å²) < 4.78 is 0. The van der Waals surface area contributed by atoms with E-state index >= 15 is 0 Å². The number of guanidine groups is 1. The Kier molecular flexibility index (Phi) is 9.06. The quantitative estimate of drug-likeness (QED) is 0.313. The third-order valence-electron chi connectivity index (χ3n) is 3.59. The summed E-state index contributed by atoms with van der Waals surface area (Å²) in [4.78, 5) is 27.3. The average molecular weight is 347 g/mol. The van der Waals surface area contributed by atoms with Crippen LogP contribution in [0, 0.1) is 5.92 Å². The van der Waals surface area contributed by atoms with Crippen molar-refractivity contribution in [2.75, 3.05) is 33.7 Å². The van der Waals surface area contributed by atoms with E-state index in [0.29, 0.717) is 31.2 Å². The number of aliphatic imine (C=N–C) groups is 1. The molecule has 0 spiro atoms. The standard InChI is InChI=1S/C18H29N5O2/c1-13(2)16(24)21-10-11-23-18(20-4)22-9-8-14-6-5-7-15(12-14)17(25)19-3/h5-7,12-13H,8-11H2,1-4H3,(H,19,25)(H,21,24)(H2,20,22,23). The van der Waals surface area contributed by atoms with Crippen molar-refractivity contribution in [2.45, 2.75) is 20.3 Å². The zero-order chi connectivity index (χ0) is 18.7. The number of nitrogens with one attached hydrogen (secondary N) is 4. The molecule has 2 amide bonds. The van der Waals surface area contributed by atoms with Gasteiger partial charge in [-0.05, 0) is 24.1 Å². The minimum atomic E-state index is -0.0873. The van der Waals surface area contributed by atoms with Crippen LogP contribution in [-0.2, 0) is 11.2 Å². The molecule has 1 aromatic rings. The van der Waals surface area contributed by atoms with Crippen molar-refractivity contribution in [3.05, 3.63) is 35.4 Å². The molecule has 0 saturated heterocycles. The van der Waals surface area contributed by atoms with Gasteiger partial charge < -0.3 is 21.3 Å². The second kappa shape index (κ2) is 11.1. The van der Waals surface area contributed by atoms with Crippen molar-refractivity contribution in [3.63, 3.8) is 0 Å². The molecule has 0 fully saturated rings. The van der Waals surface area contributed by atoms with E-state index < -0.39 is 0 Å². The van der Waals surface area contributed by atoms with Crippen LogP contribution >= 0.6 is 0 Å². The lowest BCUT2D eigenvalue weighted by Gasteiger charge is -2.13. The first-order valence-electron chi connectivity index (χ1n) is 8.51. The van der Waals surface area contributed by atoms with Crippen LogP contribution in [0.5, 0.6) is 0 Å². The number of carbonyl (C=O) groups is 2. The Labute approximate surface area is 149 Å². The zero-order valence-corrected chi connectivity index (χ0v) is 15.5. The van der Waals surface area contributed by atoms with E-state index in [2.05, 4.69) is 26.3 Å². The largest absolute Gasteiger partial charge is 0.356 e. The molecule has 0 aliphatic rings. The molecule has 25 heavy (non-hydrogen) atoms. The molecule has 0 aliphatic carbocycles. The lowest BCUT2D eigenvalue weighted by Crippen LogP contribution is -2.42. The van der Waals surface area contributed by atoms with Gasteiger partial charge >= 0.3 is 0 Å². The molecular formula is C18H29N5O2. The Bertz CT molecular complexity index is 599. The lowest BCUT2D eigenvalue weighted by molar-refractivity contribution is -0.123. The van der Waals surface area contributed by atoms with Gasteiger partial charge in [0.15, 0.2) is 5.96 Å². The summed E-state index contributed by atoms with van der Waals surface area (Å²) >= 11 is 0. The van der Waals surface area contributed by atoms with Gasteiger partial charge in [-0.3, -0.25) is 14.6 Å². The van der Waals surface area contributed by atoms with E-state index in [0.717, 1.165) is 12.0 Å². The van der Waals surface area contributed by atoms with Crippen molar-refractivity contribution in [1.82, 2.24) is 21.3 Å². The van der Waals surface area contributed by atoms with E-state index in [-0.39, 0.29) is 17.7 Å². The van der Waals surface area contributed by atoms with Gasteiger partial charge in [0, 0.05) is 45.2 Å². The monoisotopic (exact) mass is 347 g/mol. The van der Waals surface area contributed by atoms with Crippen LogP contribution in [0.1, 0.15) is 29.8 Å². The summed E-state index contributed by atoms with van der Waals surface area (Å²) in [6, 6.07) is 7.55. The number of hydrogen-bond acceptors (Lipinski definition) is 3. The third kappa shape index (κ3) is 7.69. The van der Waals surface area contributed by atoms with E-state index in [1.807, 2.05) is 32.0 Å². The van der Waals surface area contributed by atoms with E-state index in [1.165, 1.54) is 0 Å². The SMILES string of the molecule is CN=C(NCCNC(=O)C(C)C)NCCc1cccc(C(=O)NC)c1. The Morgan fingerprint density at radius 1 is 1.08 bits per heavy atom. The molecule has 1 aromatic carbocycles. The molecule has 0 bridgehead atoms. The molecule has 0 aromatic heterocycles. The molecule has 0 unspecified atom stereocenters. The maximum Gasteiger partial charge on any atom is 0.251 e. The smallest absolute Gasteiger partial charge is 0.251 e. The van der Waals surface area contributed by atoms with Crippen LogP contribution in [-0.4, -0.2) is 51.5 Å². The van der Waals surface area contributed by atoms with Crippen LogP contribution < -0.4 is 21.3 Å². The molecule has 7 nitrogen and oxygen atoms in total. The molecule has 0 aliphatic heterocycles. The van der Waals surface area contributed by atoms with Crippen molar-refractivity contribution in [1.29, 1.82) is 0 Å². The van der Waals surface area contributed by atoms with Crippen LogP contribution in [0.3, 0.4) is 0 Å². The molecule has 0 radical (unpaired) electrons. The molecule has 0 atom stereocenters. The molecule has 7 heteroatoms. The zero-order valence-electron chi connectivity index (χ0n) is 15.5. The van der Waals surface area contributed by atoms with Crippen molar-refractivity contribution in [3.8, 4) is 0 Å². The molecule has 0 heterocycles. The fourth-order valence-corrected chi connectivity index (χ4v) is 2.13. The minimum Gasteiger partial charge on any atom is -0.356 e. The number of carbonyl (C=O) groups excluding carboxylic acids is 2. The maximum absolute atomic E-state index is 11.6. The summed E-state index contributed by atoms with van der Waals surface area (Å²) in [6.45, 7) is 5.57. The number of hydrogen-bond donors (Lipinski definition) is 4. The Hall–Kier alpha value is -2.57. The highest BCUT2D eigenvalue weighted by molar-refractivity contribution is 5.94. The van der Waals surface area contributed by atoms with Crippen LogP contribution in [0.4, 0.5) is 0 Å². The second-order valence-electron chi connectivity index (χ2n) is 5.90. The summed E-state index contributed by atoms with van der Waals surface area (Å²) in [5.74, 6) is 0.626. The summed E-state index contributed by atoms with van der Waals surface area (Å²) in [5, 5.41) is 11.8. The number of benzene rings is 1. The van der Waals surface area contributed by atoms with Gasteiger partial charge in [-0.25, -0.2) is 0 Å². The summed E-state index contributed by atoms with van der Waals surface area (Å²) in [7, 11) is 3.32. The summed E-state index contributed by atoms with van der Waals surface area (Å²) in [5.41, 5.74) is 1.73. The third-order valence-corrected chi connectivity index (χ3v) is 3.59. The number of rotatable bonds is 8. The number of amides is 2. The van der Waals surface area contributed by atoms with Gasteiger partial charge in [-0.1, -0.05) is 26.0 Å². The first kappa shape index (κ1) is 20.5. The molecule has 0 saturated carbocycles. The van der Waals surface area contributed by atoms with Crippen LogP contribution in [0.2, 0.25) is 0 Å². The molecule has 4 N–H and O–H groups in total. The topological polar surface area (TPSA) is 94.6 Å². The van der Waals surface area contributed by atoms with Gasteiger partial charge in [0.05, 0.1) is 0 Å². The van der Waals surface area contributed by atoms with Gasteiger partial charge in [0.2, 0.25) is 5.91 Å². The molecular weight excluding hydrogens is 318 g/mol. The fraction of sp³-hybridized carbons (Fsp3) is 0.500. The molecule has 1 rings (SSSR count). The van der Waals surface area contributed by atoms with E-state index in [4.69, 9.17) is 0 Å². The van der Waals surface area contributed by atoms with Gasteiger partial charge in [0.1, 0.15) is 0 Å². The van der Waals surface area contributed by atoms with E-state index in [9.17, 15) is 9.59 Å². The van der Waals surface area contributed by atoms with Crippen LogP contribution in [0.15, 0.2) is 29.3 Å². The van der Waals surface area contributed by atoms with Gasteiger partial charge in [0.25, 0.3) is 5.91 Å². The van der Waals surface area contributed by atoms with Gasteiger partial charge in [-0.15, -0.1) is 0 Å². The highest BCUT2D eigenvalue weighted by Gasteiger charge is 2.06. The Morgan fingerprint density at radius 2 is 1.76 bits per heavy atom. The average Bonchev–Trinajstić information content (AvgIpc) is 2.62. The first-order chi connectivity index (χ1) is 12.0. The lowest BCUT2D eigenvalue weighted by atomic mass is 10.1. The second-order valence-corrected chi connectivity index (χ2v) is 5.90.